The highest BCUT2D eigenvalue weighted by molar-refractivity contribution is 5.19. The van der Waals surface area contributed by atoms with E-state index in [0.29, 0.717) is 12.2 Å². The van der Waals surface area contributed by atoms with Crippen molar-refractivity contribution in [1.29, 1.82) is 0 Å². The minimum Gasteiger partial charge on any atom is -0.406 e. The first kappa shape index (κ1) is 9.21. The van der Waals surface area contributed by atoms with Crippen LogP contribution in [0.5, 0.6) is 0 Å². The predicted molar refractivity (Wildman–Crippen MR) is 47.8 cm³/mol. The van der Waals surface area contributed by atoms with Crippen LogP contribution < -0.4 is 0 Å². The molecule has 5 heteroatoms. The summed E-state index contributed by atoms with van der Waals surface area (Å²) >= 11 is 0. The fourth-order valence-corrected chi connectivity index (χ4v) is 1.50. The molecule has 0 amide bonds. The standard InChI is InChI=1S/C9H11NO4/c11-6-9(3-4-9)5-7-1-2-8(14-7)10(12)13/h1-2,11H,3-6H2. The van der Waals surface area contributed by atoms with E-state index in [2.05, 4.69) is 0 Å². The molecule has 0 radical (unpaired) electrons. The molecule has 0 spiro atoms. The van der Waals surface area contributed by atoms with E-state index in [0.717, 1.165) is 12.8 Å². The number of aliphatic hydroxyl groups is 1. The molecule has 2 rings (SSSR count). The zero-order valence-corrected chi connectivity index (χ0v) is 7.60. The molecule has 0 atom stereocenters. The minimum atomic E-state index is -0.554. The van der Waals surface area contributed by atoms with Crippen LogP contribution in [0.15, 0.2) is 16.5 Å². The summed E-state index contributed by atoms with van der Waals surface area (Å²) in [7, 11) is 0. The Morgan fingerprint density at radius 2 is 2.29 bits per heavy atom. The Hall–Kier alpha value is -1.36. The summed E-state index contributed by atoms with van der Waals surface area (Å²) in [5, 5.41) is 19.4. The third-order valence-corrected chi connectivity index (χ3v) is 2.67. The Kier molecular flexibility index (Phi) is 2.03. The van der Waals surface area contributed by atoms with Crippen molar-refractivity contribution < 1.29 is 14.4 Å². The van der Waals surface area contributed by atoms with Crippen molar-refractivity contribution in [2.24, 2.45) is 5.41 Å². The number of nitro groups is 1. The van der Waals surface area contributed by atoms with Crippen molar-refractivity contribution in [1.82, 2.24) is 0 Å². The molecule has 0 saturated heterocycles. The van der Waals surface area contributed by atoms with Crippen LogP contribution in [0.2, 0.25) is 0 Å². The van der Waals surface area contributed by atoms with Gasteiger partial charge >= 0.3 is 5.88 Å². The first-order valence-electron chi connectivity index (χ1n) is 4.49. The molecule has 1 aromatic rings. The lowest BCUT2D eigenvalue weighted by atomic mass is 10.0. The maximum absolute atomic E-state index is 10.3. The molecule has 1 saturated carbocycles. The number of furan rings is 1. The fraction of sp³-hybridized carbons (Fsp3) is 0.556. The minimum absolute atomic E-state index is 0.0638. The Labute approximate surface area is 80.5 Å². The number of hydrogen-bond acceptors (Lipinski definition) is 4. The predicted octanol–water partition coefficient (Wildman–Crippen LogP) is 1.50. The van der Waals surface area contributed by atoms with Gasteiger partial charge in [-0.25, -0.2) is 0 Å². The molecule has 1 aliphatic carbocycles. The molecule has 1 aliphatic rings. The third-order valence-electron chi connectivity index (χ3n) is 2.67. The van der Waals surface area contributed by atoms with Crippen LogP contribution in [0, 0.1) is 15.5 Å². The second-order valence-corrected chi connectivity index (χ2v) is 3.83. The number of nitrogens with zero attached hydrogens (tertiary/aromatic N) is 1. The summed E-state index contributed by atoms with van der Waals surface area (Å²) in [4.78, 5) is 9.77. The van der Waals surface area contributed by atoms with Crippen molar-refractivity contribution in [2.75, 3.05) is 6.61 Å². The van der Waals surface area contributed by atoms with Gasteiger partial charge in [0.25, 0.3) is 0 Å². The molecule has 0 aromatic carbocycles. The monoisotopic (exact) mass is 197 g/mol. The summed E-state index contributed by atoms with van der Waals surface area (Å²) < 4.78 is 5.01. The highest BCUT2D eigenvalue weighted by Gasteiger charge is 2.42. The Morgan fingerprint density at radius 3 is 2.71 bits per heavy atom. The van der Waals surface area contributed by atoms with Crippen LogP contribution in [0.25, 0.3) is 0 Å². The van der Waals surface area contributed by atoms with Crippen molar-refractivity contribution >= 4 is 5.88 Å². The molecule has 5 nitrogen and oxygen atoms in total. The van der Waals surface area contributed by atoms with E-state index in [4.69, 9.17) is 9.52 Å². The van der Waals surface area contributed by atoms with Crippen LogP contribution in [-0.4, -0.2) is 16.6 Å². The van der Waals surface area contributed by atoms with Crippen molar-refractivity contribution in [3.8, 4) is 0 Å². The smallest absolute Gasteiger partial charge is 0.406 e. The van der Waals surface area contributed by atoms with E-state index in [1.54, 1.807) is 6.07 Å². The fourth-order valence-electron chi connectivity index (χ4n) is 1.50. The zero-order chi connectivity index (χ0) is 10.2. The maximum atomic E-state index is 10.3. The molecule has 76 valence electrons. The molecule has 1 aromatic heterocycles. The van der Waals surface area contributed by atoms with Gasteiger partial charge in [-0.3, -0.25) is 10.1 Å². The van der Waals surface area contributed by atoms with E-state index in [-0.39, 0.29) is 17.9 Å². The lowest BCUT2D eigenvalue weighted by molar-refractivity contribution is -0.402. The molecular weight excluding hydrogens is 186 g/mol. The van der Waals surface area contributed by atoms with E-state index >= 15 is 0 Å². The van der Waals surface area contributed by atoms with E-state index < -0.39 is 4.92 Å². The molecule has 1 heterocycles. The summed E-state index contributed by atoms with van der Waals surface area (Å²) in [5.74, 6) is 0.358. The van der Waals surface area contributed by atoms with E-state index in [9.17, 15) is 10.1 Å². The molecular formula is C9H11NO4. The lowest BCUT2D eigenvalue weighted by Gasteiger charge is -2.07. The molecule has 1 fully saturated rings. The quantitative estimate of drug-likeness (QED) is 0.586. The van der Waals surface area contributed by atoms with Crippen LogP contribution in [-0.2, 0) is 6.42 Å². The Bertz CT molecular complexity index is 353. The highest BCUT2D eigenvalue weighted by Crippen LogP contribution is 2.48. The van der Waals surface area contributed by atoms with Gasteiger partial charge in [-0.05, 0) is 18.9 Å². The van der Waals surface area contributed by atoms with Gasteiger partial charge in [-0.15, -0.1) is 0 Å². The lowest BCUT2D eigenvalue weighted by Crippen LogP contribution is -2.09. The van der Waals surface area contributed by atoms with Gasteiger partial charge in [0.1, 0.15) is 10.7 Å². The average molecular weight is 197 g/mol. The van der Waals surface area contributed by atoms with Crippen LogP contribution in [0.4, 0.5) is 5.88 Å². The van der Waals surface area contributed by atoms with Gasteiger partial charge in [0.2, 0.25) is 0 Å². The summed E-state index contributed by atoms with van der Waals surface area (Å²) in [6, 6.07) is 2.96. The van der Waals surface area contributed by atoms with Crippen molar-refractivity contribution in [2.45, 2.75) is 19.3 Å². The van der Waals surface area contributed by atoms with Gasteiger partial charge in [0.15, 0.2) is 0 Å². The molecule has 14 heavy (non-hydrogen) atoms. The van der Waals surface area contributed by atoms with E-state index in [1.807, 2.05) is 0 Å². The number of rotatable bonds is 4. The summed E-state index contributed by atoms with van der Waals surface area (Å²) in [5.41, 5.74) is -0.0638. The molecule has 0 unspecified atom stereocenters. The van der Waals surface area contributed by atoms with Crippen LogP contribution >= 0.6 is 0 Å². The van der Waals surface area contributed by atoms with Gasteiger partial charge in [0.05, 0.1) is 6.07 Å². The van der Waals surface area contributed by atoms with Gasteiger partial charge in [0, 0.05) is 18.4 Å². The van der Waals surface area contributed by atoms with Crippen LogP contribution in [0.3, 0.4) is 0 Å². The Morgan fingerprint density at radius 1 is 1.57 bits per heavy atom. The first-order chi connectivity index (χ1) is 6.65. The summed E-state index contributed by atoms with van der Waals surface area (Å²) in [6.45, 7) is 0.126. The molecule has 0 bridgehead atoms. The highest BCUT2D eigenvalue weighted by atomic mass is 16.6. The van der Waals surface area contributed by atoms with Crippen LogP contribution in [0.1, 0.15) is 18.6 Å². The normalized spacial score (nSPS) is 18.1. The second-order valence-electron chi connectivity index (χ2n) is 3.83. The topological polar surface area (TPSA) is 76.5 Å². The van der Waals surface area contributed by atoms with Gasteiger partial charge in [-0.2, -0.15) is 0 Å². The number of hydrogen-bond donors (Lipinski definition) is 1. The summed E-state index contributed by atoms with van der Waals surface area (Å²) in [6.07, 6.45) is 2.54. The van der Waals surface area contributed by atoms with Gasteiger partial charge < -0.3 is 9.52 Å². The Balaban J connectivity index is 2.07. The number of aliphatic hydroxyl groups excluding tert-OH is 1. The molecule has 0 aliphatic heterocycles. The first-order valence-corrected chi connectivity index (χ1v) is 4.49. The zero-order valence-electron chi connectivity index (χ0n) is 7.60. The second kappa shape index (κ2) is 3.09. The van der Waals surface area contributed by atoms with Crippen molar-refractivity contribution in [3.05, 3.63) is 28.0 Å². The van der Waals surface area contributed by atoms with Gasteiger partial charge in [-0.1, -0.05) is 0 Å². The maximum Gasteiger partial charge on any atom is 0.433 e. The molecule has 1 N–H and O–H groups in total. The van der Waals surface area contributed by atoms with Crippen molar-refractivity contribution in [3.63, 3.8) is 0 Å². The third kappa shape index (κ3) is 1.63. The SMILES string of the molecule is O=[N+]([O-])c1ccc(CC2(CO)CC2)o1. The van der Waals surface area contributed by atoms with E-state index in [1.165, 1.54) is 6.07 Å². The average Bonchev–Trinajstić information content (AvgIpc) is 2.75. The largest absolute Gasteiger partial charge is 0.433 e.